The highest BCUT2D eigenvalue weighted by atomic mass is 79.9. The van der Waals surface area contributed by atoms with Crippen LogP contribution in [0.3, 0.4) is 0 Å². The first-order chi connectivity index (χ1) is 18.7. The predicted octanol–water partition coefficient (Wildman–Crippen LogP) is 5.99. The van der Waals surface area contributed by atoms with Gasteiger partial charge in [-0.2, -0.15) is 5.10 Å². The summed E-state index contributed by atoms with van der Waals surface area (Å²) in [6, 6.07) is 16.9. The number of nitrogens with one attached hydrogen (secondary N) is 2. The summed E-state index contributed by atoms with van der Waals surface area (Å²) in [4.78, 5) is 25.5. The second-order valence-electron chi connectivity index (χ2n) is 8.80. The summed E-state index contributed by atoms with van der Waals surface area (Å²) in [6.07, 6.45) is 1.49. The van der Waals surface area contributed by atoms with E-state index in [1.165, 1.54) is 6.21 Å². The van der Waals surface area contributed by atoms with Gasteiger partial charge in [-0.25, -0.2) is 5.43 Å². The smallest absolute Gasteiger partial charge is 0.262 e. The van der Waals surface area contributed by atoms with E-state index in [0.717, 1.165) is 5.56 Å². The molecular weight excluding hydrogens is 586 g/mol. The van der Waals surface area contributed by atoms with Gasteiger partial charge >= 0.3 is 0 Å². The molecule has 0 saturated heterocycles. The van der Waals surface area contributed by atoms with Crippen molar-refractivity contribution in [2.45, 2.75) is 33.4 Å². The van der Waals surface area contributed by atoms with Crippen LogP contribution in [0.1, 0.15) is 42.3 Å². The molecule has 3 aromatic rings. The highest BCUT2D eigenvalue weighted by Crippen LogP contribution is 2.37. The minimum absolute atomic E-state index is 0.171. The van der Waals surface area contributed by atoms with Crippen LogP contribution in [-0.2, 0) is 11.4 Å². The lowest BCUT2D eigenvalue weighted by molar-refractivity contribution is -0.123. The second-order valence-corrected chi connectivity index (χ2v) is 10.1. The SMILES string of the molecule is CCOc1cc(/C=N/NC(=O)C(NC(=O)c2ccc(OC)cc2)C(C)C)cc(Br)c1OCc1ccccc1Cl. The predicted molar refractivity (Wildman–Crippen MR) is 156 cm³/mol. The Labute approximate surface area is 241 Å². The van der Waals surface area contributed by atoms with Crippen molar-refractivity contribution in [2.75, 3.05) is 13.7 Å². The van der Waals surface area contributed by atoms with Crippen LogP contribution in [0, 0.1) is 5.92 Å². The Balaban J connectivity index is 1.68. The minimum atomic E-state index is -0.789. The summed E-state index contributed by atoms with van der Waals surface area (Å²) in [5.74, 6) is 0.701. The second kappa shape index (κ2) is 14.6. The molecule has 0 aliphatic rings. The van der Waals surface area contributed by atoms with Crippen molar-refractivity contribution in [2.24, 2.45) is 11.0 Å². The third-order valence-corrected chi connectivity index (χ3v) is 6.60. The average Bonchev–Trinajstić information content (AvgIpc) is 2.92. The molecule has 2 amide bonds. The van der Waals surface area contributed by atoms with Gasteiger partial charge in [-0.3, -0.25) is 9.59 Å². The number of amides is 2. The van der Waals surface area contributed by atoms with Gasteiger partial charge in [0.2, 0.25) is 0 Å². The van der Waals surface area contributed by atoms with Crippen LogP contribution in [0.2, 0.25) is 5.02 Å². The summed E-state index contributed by atoms with van der Waals surface area (Å²) in [5, 5.41) is 7.49. The maximum absolute atomic E-state index is 12.9. The number of hydrazone groups is 1. The minimum Gasteiger partial charge on any atom is -0.497 e. The zero-order valence-electron chi connectivity index (χ0n) is 22.2. The van der Waals surface area contributed by atoms with E-state index in [0.29, 0.717) is 44.5 Å². The van der Waals surface area contributed by atoms with Gasteiger partial charge in [0.05, 0.1) is 24.4 Å². The normalized spacial score (nSPS) is 11.8. The lowest BCUT2D eigenvalue weighted by atomic mass is 10.0. The number of rotatable bonds is 12. The maximum Gasteiger partial charge on any atom is 0.262 e. The fourth-order valence-electron chi connectivity index (χ4n) is 3.57. The van der Waals surface area contributed by atoms with Gasteiger partial charge in [-0.05, 0) is 76.8 Å². The molecule has 0 aromatic heterocycles. The van der Waals surface area contributed by atoms with Gasteiger partial charge in [0.15, 0.2) is 11.5 Å². The molecule has 3 rings (SSSR count). The topological polar surface area (TPSA) is 98.2 Å². The molecule has 8 nitrogen and oxygen atoms in total. The monoisotopic (exact) mass is 615 g/mol. The van der Waals surface area contributed by atoms with Gasteiger partial charge in [-0.15, -0.1) is 0 Å². The molecule has 0 radical (unpaired) electrons. The Bertz CT molecular complexity index is 1310. The van der Waals surface area contributed by atoms with Crippen LogP contribution in [-0.4, -0.2) is 37.8 Å². The Morgan fingerprint density at radius 2 is 1.79 bits per heavy atom. The summed E-state index contributed by atoms with van der Waals surface area (Å²) in [7, 11) is 1.55. The fraction of sp³-hybridized carbons (Fsp3) is 0.276. The summed E-state index contributed by atoms with van der Waals surface area (Å²) >= 11 is 9.79. The molecule has 0 heterocycles. The number of nitrogens with zero attached hydrogens (tertiary/aromatic N) is 1. The fourth-order valence-corrected chi connectivity index (χ4v) is 4.34. The number of ether oxygens (including phenoxy) is 3. The van der Waals surface area contributed by atoms with Gasteiger partial charge in [-0.1, -0.05) is 43.6 Å². The van der Waals surface area contributed by atoms with Crippen molar-refractivity contribution in [1.29, 1.82) is 0 Å². The Morgan fingerprint density at radius 1 is 1.08 bits per heavy atom. The van der Waals surface area contributed by atoms with Crippen molar-refractivity contribution in [1.82, 2.24) is 10.7 Å². The Morgan fingerprint density at radius 3 is 2.44 bits per heavy atom. The van der Waals surface area contributed by atoms with Crippen molar-refractivity contribution in [3.63, 3.8) is 0 Å². The molecule has 0 aliphatic carbocycles. The molecule has 0 aliphatic heterocycles. The molecular formula is C29H31BrClN3O5. The van der Waals surface area contributed by atoms with Gasteiger partial charge in [0.1, 0.15) is 18.4 Å². The number of hydrogen-bond donors (Lipinski definition) is 2. The zero-order valence-corrected chi connectivity index (χ0v) is 24.5. The van der Waals surface area contributed by atoms with Crippen LogP contribution >= 0.6 is 27.5 Å². The first-order valence-electron chi connectivity index (χ1n) is 12.3. The van der Waals surface area contributed by atoms with E-state index in [1.54, 1.807) is 49.6 Å². The molecule has 2 N–H and O–H groups in total. The van der Waals surface area contributed by atoms with Gasteiger partial charge < -0.3 is 19.5 Å². The van der Waals surface area contributed by atoms with Crippen molar-refractivity contribution >= 4 is 45.6 Å². The third-order valence-electron chi connectivity index (χ3n) is 5.64. The number of methoxy groups -OCH3 is 1. The molecule has 0 spiro atoms. The van der Waals surface area contributed by atoms with E-state index >= 15 is 0 Å². The first-order valence-corrected chi connectivity index (χ1v) is 13.5. The number of hydrogen-bond acceptors (Lipinski definition) is 6. The van der Waals surface area contributed by atoms with Gasteiger partial charge in [0.25, 0.3) is 11.8 Å². The quantitative estimate of drug-likeness (QED) is 0.192. The molecule has 0 bridgehead atoms. The largest absolute Gasteiger partial charge is 0.497 e. The van der Waals surface area contributed by atoms with Crippen LogP contribution in [0.25, 0.3) is 0 Å². The van der Waals surface area contributed by atoms with E-state index < -0.39 is 11.9 Å². The van der Waals surface area contributed by atoms with E-state index in [-0.39, 0.29) is 18.4 Å². The molecule has 10 heteroatoms. The number of halogens is 2. The van der Waals surface area contributed by atoms with Crippen LogP contribution < -0.4 is 25.0 Å². The molecule has 1 unspecified atom stereocenters. The van der Waals surface area contributed by atoms with Crippen LogP contribution in [0.4, 0.5) is 0 Å². The van der Waals surface area contributed by atoms with Crippen molar-refractivity contribution in [3.05, 3.63) is 86.8 Å². The van der Waals surface area contributed by atoms with Gasteiger partial charge in [0, 0.05) is 16.1 Å². The Kier molecular flexibility index (Phi) is 11.2. The standard InChI is InChI=1S/C29H31BrClN3O5/c1-5-38-25-15-19(14-23(30)27(25)39-17-21-8-6-7-9-24(21)31)16-32-34-29(36)26(18(2)3)33-28(35)20-10-12-22(37-4)13-11-20/h6-16,18,26H,5,17H2,1-4H3,(H,33,35)(H,34,36)/b32-16+. The Hall–Kier alpha value is -3.56. The number of benzene rings is 3. The maximum atomic E-state index is 12.9. The van der Waals surface area contributed by atoms with Crippen LogP contribution in [0.5, 0.6) is 17.2 Å². The molecule has 39 heavy (non-hydrogen) atoms. The zero-order chi connectivity index (χ0) is 28.4. The lowest BCUT2D eigenvalue weighted by Gasteiger charge is -2.20. The third kappa shape index (κ3) is 8.46. The molecule has 0 saturated carbocycles. The molecule has 0 fully saturated rings. The highest BCUT2D eigenvalue weighted by molar-refractivity contribution is 9.10. The number of carbonyl (C=O) groups excluding carboxylic acids is 2. The summed E-state index contributed by atoms with van der Waals surface area (Å²) < 4.78 is 17.6. The highest BCUT2D eigenvalue weighted by Gasteiger charge is 2.24. The van der Waals surface area contributed by atoms with Crippen molar-refractivity contribution in [3.8, 4) is 17.2 Å². The van der Waals surface area contributed by atoms with E-state index in [9.17, 15) is 9.59 Å². The lowest BCUT2D eigenvalue weighted by Crippen LogP contribution is -2.48. The average molecular weight is 617 g/mol. The first kappa shape index (κ1) is 30.0. The van der Waals surface area contributed by atoms with Crippen LogP contribution in [0.15, 0.2) is 70.2 Å². The number of carbonyl (C=O) groups is 2. The summed E-state index contributed by atoms with van der Waals surface area (Å²) in [6.45, 7) is 6.25. The molecule has 1 atom stereocenters. The van der Waals surface area contributed by atoms with E-state index in [4.69, 9.17) is 25.8 Å². The van der Waals surface area contributed by atoms with E-state index in [2.05, 4.69) is 31.8 Å². The molecule has 3 aromatic carbocycles. The molecule has 206 valence electrons. The van der Waals surface area contributed by atoms with Crippen molar-refractivity contribution < 1.29 is 23.8 Å². The summed E-state index contributed by atoms with van der Waals surface area (Å²) in [5.41, 5.74) is 4.45. The van der Waals surface area contributed by atoms with E-state index in [1.807, 2.05) is 39.0 Å².